The number of thiazole rings is 1. The number of aryl methyl sites for hydroxylation is 1. The van der Waals surface area contributed by atoms with Gasteiger partial charge in [-0.15, -0.1) is 0 Å². The average Bonchev–Trinajstić information content (AvgIpc) is 2.95. The van der Waals surface area contributed by atoms with Gasteiger partial charge in [-0.25, -0.2) is 13.8 Å². The highest BCUT2D eigenvalue weighted by atomic mass is 32.1. The van der Waals surface area contributed by atoms with Crippen LogP contribution in [0, 0.1) is 18.6 Å². The number of nitrogens with one attached hydrogen (secondary N) is 1. The lowest BCUT2D eigenvalue weighted by Gasteiger charge is -2.14. The third-order valence-corrected chi connectivity index (χ3v) is 4.73. The number of anilines is 1. The summed E-state index contributed by atoms with van der Waals surface area (Å²) in [4.78, 5) is 16.1. The summed E-state index contributed by atoms with van der Waals surface area (Å²) >= 11 is 1.01. The number of rotatable bonds is 5. The summed E-state index contributed by atoms with van der Waals surface area (Å²) in [5.74, 6) is -0.931. The van der Waals surface area contributed by atoms with Gasteiger partial charge in [0.1, 0.15) is 17.1 Å². The van der Waals surface area contributed by atoms with Gasteiger partial charge in [-0.2, -0.15) is 0 Å². The molecule has 7 heteroatoms. The zero-order chi connectivity index (χ0) is 18.8. The largest absolute Gasteiger partial charge is 0.483 e. The van der Waals surface area contributed by atoms with Gasteiger partial charge in [-0.05, 0) is 36.1 Å². The minimum absolute atomic E-state index is 0.0356. The lowest BCUT2D eigenvalue weighted by Crippen LogP contribution is -2.20. The smallest absolute Gasteiger partial charge is 0.264 e. The van der Waals surface area contributed by atoms with Crippen molar-refractivity contribution in [2.75, 3.05) is 11.9 Å². The van der Waals surface area contributed by atoms with Crippen molar-refractivity contribution in [3.05, 3.63) is 53.1 Å². The lowest BCUT2D eigenvalue weighted by atomic mass is 10.0. The number of carbonyl (C=O) groups is 1. The van der Waals surface area contributed by atoms with E-state index >= 15 is 0 Å². The van der Waals surface area contributed by atoms with Crippen molar-refractivity contribution in [2.45, 2.75) is 26.7 Å². The Kier molecular flexibility index (Phi) is 5.18. The van der Waals surface area contributed by atoms with Crippen molar-refractivity contribution in [3.8, 4) is 5.75 Å². The molecule has 0 radical (unpaired) electrons. The molecule has 26 heavy (non-hydrogen) atoms. The van der Waals surface area contributed by atoms with Gasteiger partial charge in [0.25, 0.3) is 5.91 Å². The number of fused-ring (bicyclic) bond motifs is 1. The van der Waals surface area contributed by atoms with E-state index in [9.17, 15) is 13.6 Å². The Morgan fingerprint density at radius 1 is 1.27 bits per heavy atom. The second kappa shape index (κ2) is 7.37. The molecular weight excluding hydrogens is 358 g/mol. The fourth-order valence-electron chi connectivity index (χ4n) is 2.55. The lowest BCUT2D eigenvalue weighted by molar-refractivity contribution is -0.118. The molecule has 0 unspecified atom stereocenters. The number of nitrogens with zero attached hydrogens (tertiary/aromatic N) is 1. The Labute approximate surface area is 153 Å². The van der Waals surface area contributed by atoms with Crippen molar-refractivity contribution in [3.63, 3.8) is 0 Å². The van der Waals surface area contributed by atoms with Gasteiger partial charge < -0.3 is 4.74 Å². The third kappa shape index (κ3) is 3.99. The molecule has 0 atom stereocenters. The second-order valence-corrected chi connectivity index (χ2v) is 7.32. The molecule has 3 aromatic rings. The number of benzene rings is 2. The molecule has 0 aliphatic carbocycles. The molecule has 1 heterocycles. The highest BCUT2D eigenvalue weighted by Crippen LogP contribution is 2.29. The molecule has 0 saturated heterocycles. The Morgan fingerprint density at radius 3 is 2.77 bits per heavy atom. The Morgan fingerprint density at radius 2 is 2.04 bits per heavy atom. The first-order valence-corrected chi connectivity index (χ1v) is 8.94. The number of ether oxygens (including phenoxy) is 1. The first kappa shape index (κ1) is 18.3. The molecule has 0 spiro atoms. The highest BCUT2D eigenvalue weighted by Gasteiger charge is 2.14. The second-order valence-electron chi connectivity index (χ2n) is 6.29. The van der Waals surface area contributed by atoms with Gasteiger partial charge in [-0.1, -0.05) is 37.3 Å². The topological polar surface area (TPSA) is 51.2 Å². The zero-order valence-corrected chi connectivity index (χ0v) is 15.4. The SMILES string of the molecule is Cc1ccc(C(C)C)c(OCC(=O)Nc2nc3c(F)cc(F)cc3s2)c1. The third-order valence-electron chi connectivity index (χ3n) is 3.81. The van der Waals surface area contributed by atoms with Crippen LogP contribution in [-0.2, 0) is 4.79 Å². The van der Waals surface area contributed by atoms with Gasteiger partial charge in [0.05, 0.1) is 4.70 Å². The van der Waals surface area contributed by atoms with E-state index in [4.69, 9.17) is 4.74 Å². The summed E-state index contributed by atoms with van der Waals surface area (Å²) in [6.45, 7) is 5.85. The fraction of sp³-hybridized carbons (Fsp3) is 0.263. The fourth-order valence-corrected chi connectivity index (χ4v) is 3.47. The Bertz CT molecular complexity index is 970. The first-order chi connectivity index (χ1) is 12.3. The molecule has 0 fully saturated rings. The van der Waals surface area contributed by atoms with E-state index < -0.39 is 17.5 Å². The van der Waals surface area contributed by atoms with Crippen LogP contribution in [-0.4, -0.2) is 17.5 Å². The van der Waals surface area contributed by atoms with Crippen molar-refractivity contribution >= 4 is 32.6 Å². The summed E-state index contributed by atoms with van der Waals surface area (Å²) < 4.78 is 32.9. The molecular formula is C19H18F2N2O2S. The maximum atomic E-state index is 13.7. The molecule has 1 aromatic heterocycles. The van der Waals surface area contributed by atoms with E-state index in [1.54, 1.807) is 0 Å². The molecule has 0 saturated carbocycles. The average molecular weight is 376 g/mol. The molecule has 3 rings (SSSR count). The molecule has 2 aromatic carbocycles. The van der Waals surface area contributed by atoms with Crippen LogP contribution in [0.15, 0.2) is 30.3 Å². The number of hydrogen-bond donors (Lipinski definition) is 1. The number of amides is 1. The molecule has 4 nitrogen and oxygen atoms in total. The zero-order valence-electron chi connectivity index (χ0n) is 14.6. The van der Waals surface area contributed by atoms with Crippen LogP contribution in [0.5, 0.6) is 5.75 Å². The van der Waals surface area contributed by atoms with Crippen molar-refractivity contribution < 1.29 is 18.3 Å². The molecule has 1 N–H and O–H groups in total. The van der Waals surface area contributed by atoms with Crippen molar-refractivity contribution in [2.24, 2.45) is 0 Å². The molecule has 136 valence electrons. The van der Waals surface area contributed by atoms with Crippen molar-refractivity contribution in [1.29, 1.82) is 0 Å². The maximum Gasteiger partial charge on any atom is 0.264 e. The van der Waals surface area contributed by atoms with E-state index in [2.05, 4.69) is 10.3 Å². The van der Waals surface area contributed by atoms with Gasteiger partial charge in [0.2, 0.25) is 0 Å². The normalized spacial score (nSPS) is 11.2. The quantitative estimate of drug-likeness (QED) is 0.680. The van der Waals surface area contributed by atoms with Crippen LogP contribution in [0.4, 0.5) is 13.9 Å². The van der Waals surface area contributed by atoms with Crippen LogP contribution in [0.1, 0.15) is 30.9 Å². The van der Waals surface area contributed by atoms with Crippen LogP contribution < -0.4 is 10.1 Å². The van der Waals surface area contributed by atoms with Crippen LogP contribution in [0.2, 0.25) is 0 Å². The Balaban J connectivity index is 1.70. The molecule has 0 aliphatic heterocycles. The van der Waals surface area contributed by atoms with Gasteiger partial charge in [0.15, 0.2) is 17.6 Å². The van der Waals surface area contributed by atoms with Gasteiger partial charge in [-0.3, -0.25) is 10.1 Å². The van der Waals surface area contributed by atoms with Crippen LogP contribution in [0.25, 0.3) is 10.2 Å². The summed E-state index contributed by atoms with van der Waals surface area (Å²) in [5, 5.41) is 2.77. The molecule has 1 amide bonds. The van der Waals surface area contributed by atoms with Crippen LogP contribution >= 0.6 is 11.3 Å². The van der Waals surface area contributed by atoms with E-state index in [1.165, 1.54) is 6.07 Å². The summed E-state index contributed by atoms with van der Waals surface area (Å²) in [6.07, 6.45) is 0. The minimum Gasteiger partial charge on any atom is -0.483 e. The van der Waals surface area contributed by atoms with E-state index in [-0.39, 0.29) is 23.2 Å². The number of halogens is 2. The summed E-state index contributed by atoms with van der Waals surface area (Å²) in [7, 11) is 0. The predicted octanol–water partition coefficient (Wildman–Crippen LogP) is 5.02. The van der Waals surface area contributed by atoms with E-state index in [0.717, 1.165) is 28.5 Å². The van der Waals surface area contributed by atoms with Gasteiger partial charge >= 0.3 is 0 Å². The highest BCUT2D eigenvalue weighted by molar-refractivity contribution is 7.22. The molecule has 0 bridgehead atoms. The minimum atomic E-state index is -0.755. The van der Waals surface area contributed by atoms with E-state index in [0.29, 0.717) is 10.4 Å². The van der Waals surface area contributed by atoms with Crippen LogP contribution in [0.3, 0.4) is 0 Å². The summed E-state index contributed by atoms with van der Waals surface area (Å²) in [6, 6.07) is 7.82. The summed E-state index contributed by atoms with van der Waals surface area (Å²) in [5.41, 5.74) is 2.09. The monoisotopic (exact) mass is 376 g/mol. The molecule has 0 aliphatic rings. The number of hydrogen-bond acceptors (Lipinski definition) is 4. The van der Waals surface area contributed by atoms with Gasteiger partial charge in [0, 0.05) is 6.07 Å². The maximum absolute atomic E-state index is 13.7. The van der Waals surface area contributed by atoms with E-state index in [1.807, 2.05) is 39.0 Å². The van der Waals surface area contributed by atoms with Crippen molar-refractivity contribution in [1.82, 2.24) is 4.98 Å². The Hall–Kier alpha value is -2.54. The standard InChI is InChI=1S/C19H18F2N2O2S/c1-10(2)13-5-4-11(3)6-15(13)25-9-17(24)22-19-23-18-14(21)7-12(20)8-16(18)26-19/h4-8,10H,9H2,1-3H3,(H,22,23,24). The first-order valence-electron chi connectivity index (χ1n) is 8.12. The number of carbonyl (C=O) groups excluding carboxylic acids is 1. The predicted molar refractivity (Wildman–Crippen MR) is 98.9 cm³/mol. The number of aromatic nitrogens is 1.